The molecule has 25 heavy (non-hydrogen) atoms. The number of nitrogens with zero attached hydrogens (tertiary/aromatic N) is 2. The lowest BCUT2D eigenvalue weighted by atomic mass is 9.73. The molecule has 1 aliphatic carbocycles. The molecule has 3 saturated heterocycles. The van der Waals surface area contributed by atoms with Crippen LogP contribution in [0.25, 0.3) is 10.9 Å². The van der Waals surface area contributed by atoms with Crippen LogP contribution in [0.3, 0.4) is 0 Å². The number of aromatic nitrogens is 1. The number of amides is 1. The van der Waals surface area contributed by atoms with Gasteiger partial charge in [-0.2, -0.15) is 0 Å². The molecular formula is C20H26N4O. The topological polar surface area (TPSA) is 51.4 Å². The summed E-state index contributed by atoms with van der Waals surface area (Å²) in [5, 5.41) is 4.85. The zero-order valence-electron chi connectivity index (χ0n) is 14.6. The number of hydrogen-bond acceptors (Lipinski definition) is 3. The predicted molar refractivity (Wildman–Crippen MR) is 99.7 cm³/mol. The molecule has 1 aromatic heterocycles. The highest BCUT2D eigenvalue weighted by Gasteiger charge is 2.41. The molecule has 2 aromatic rings. The molecule has 0 radical (unpaired) electrons. The van der Waals surface area contributed by atoms with Crippen molar-refractivity contribution in [2.75, 3.05) is 37.6 Å². The fraction of sp³-hybridized carbons (Fsp3) is 0.550. The van der Waals surface area contributed by atoms with E-state index in [4.69, 9.17) is 0 Å². The SMILES string of the molecule is O=C(C1CC2CCC1NC2)N1CCN(c2cccc3[nH]ccc23)CC1. The highest BCUT2D eigenvalue weighted by Crippen LogP contribution is 2.35. The van der Waals surface area contributed by atoms with Crippen molar-refractivity contribution in [3.05, 3.63) is 30.5 Å². The van der Waals surface area contributed by atoms with Gasteiger partial charge in [-0.15, -0.1) is 0 Å². The summed E-state index contributed by atoms with van der Waals surface area (Å²) in [6.45, 7) is 4.64. The molecule has 0 spiro atoms. The molecule has 132 valence electrons. The summed E-state index contributed by atoms with van der Waals surface area (Å²) in [6.07, 6.45) is 5.57. The Morgan fingerprint density at radius 1 is 1.08 bits per heavy atom. The van der Waals surface area contributed by atoms with Gasteiger partial charge in [0.1, 0.15) is 0 Å². The number of nitrogens with one attached hydrogen (secondary N) is 2. The molecule has 5 nitrogen and oxygen atoms in total. The first-order valence-corrected chi connectivity index (χ1v) is 9.63. The number of hydrogen-bond donors (Lipinski definition) is 2. The lowest BCUT2D eigenvalue weighted by Crippen LogP contribution is -2.58. The maximum Gasteiger partial charge on any atom is 0.227 e. The summed E-state index contributed by atoms with van der Waals surface area (Å²) >= 11 is 0. The molecule has 6 rings (SSSR count). The van der Waals surface area contributed by atoms with Crippen molar-refractivity contribution in [1.29, 1.82) is 0 Å². The van der Waals surface area contributed by atoms with E-state index in [1.54, 1.807) is 0 Å². The third-order valence-corrected chi connectivity index (χ3v) is 6.45. The van der Waals surface area contributed by atoms with E-state index in [0.29, 0.717) is 17.9 Å². The molecule has 3 aliphatic heterocycles. The van der Waals surface area contributed by atoms with Crippen molar-refractivity contribution in [2.24, 2.45) is 11.8 Å². The van der Waals surface area contributed by atoms with E-state index in [1.807, 2.05) is 6.20 Å². The van der Waals surface area contributed by atoms with Crippen LogP contribution in [0.5, 0.6) is 0 Å². The third kappa shape index (κ3) is 2.61. The van der Waals surface area contributed by atoms with Crippen LogP contribution in [-0.4, -0.2) is 54.6 Å². The number of fused-ring (bicyclic) bond motifs is 4. The molecule has 2 bridgehead atoms. The van der Waals surface area contributed by atoms with Crippen LogP contribution in [0, 0.1) is 11.8 Å². The second-order valence-electron chi connectivity index (χ2n) is 7.83. The molecule has 4 heterocycles. The maximum absolute atomic E-state index is 13.0. The maximum atomic E-state index is 13.0. The summed E-state index contributed by atoms with van der Waals surface area (Å²) in [7, 11) is 0. The van der Waals surface area contributed by atoms with Crippen LogP contribution in [0.1, 0.15) is 19.3 Å². The normalized spacial score (nSPS) is 29.4. The van der Waals surface area contributed by atoms with E-state index in [9.17, 15) is 4.79 Å². The van der Waals surface area contributed by atoms with E-state index in [2.05, 4.69) is 44.4 Å². The Morgan fingerprint density at radius 2 is 1.96 bits per heavy atom. The van der Waals surface area contributed by atoms with Gasteiger partial charge in [-0.25, -0.2) is 0 Å². The van der Waals surface area contributed by atoms with Crippen molar-refractivity contribution in [2.45, 2.75) is 25.3 Å². The van der Waals surface area contributed by atoms with Crippen molar-refractivity contribution >= 4 is 22.5 Å². The summed E-state index contributed by atoms with van der Waals surface area (Å²) in [5.41, 5.74) is 2.46. The number of rotatable bonds is 2. The number of carbonyl (C=O) groups is 1. The number of carbonyl (C=O) groups excluding carboxylic acids is 1. The second-order valence-corrected chi connectivity index (χ2v) is 7.83. The van der Waals surface area contributed by atoms with E-state index in [-0.39, 0.29) is 5.92 Å². The van der Waals surface area contributed by atoms with Gasteiger partial charge in [-0.05, 0) is 49.9 Å². The Balaban J connectivity index is 1.27. The quantitative estimate of drug-likeness (QED) is 0.883. The van der Waals surface area contributed by atoms with E-state index in [1.165, 1.54) is 29.4 Å². The number of anilines is 1. The molecule has 1 saturated carbocycles. The van der Waals surface area contributed by atoms with Crippen molar-refractivity contribution < 1.29 is 4.79 Å². The van der Waals surface area contributed by atoms with Crippen molar-refractivity contribution in [3.63, 3.8) is 0 Å². The zero-order valence-corrected chi connectivity index (χ0v) is 14.6. The average molecular weight is 338 g/mol. The molecule has 2 N–H and O–H groups in total. The number of H-pyrrole nitrogens is 1. The van der Waals surface area contributed by atoms with Crippen LogP contribution in [0.2, 0.25) is 0 Å². The van der Waals surface area contributed by atoms with E-state index < -0.39 is 0 Å². The van der Waals surface area contributed by atoms with Crippen LogP contribution in [-0.2, 0) is 4.79 Å². The van der Waals surface area contributed by atoms with E-state index in [0.717, 1.165) is 39.1 Å². The first kappa shape index (κ1) is 15.3. The highest BCUT2D eigenvalue weighted by molar-refractivity contribution is 5.92. The molecule has 4 fully saturated rings. The minimum absolute atomic E-state index is 0.215. The Labute approximate surface area is 148 Å². The van der Waals surface area contributed by atoms with Gasteiger partial charge in [-0.1, -0.05) is 6.07 Å². The summed E-state index contributed by atoms with van der Waals surface area (Å²) in [5.74, 6) is 1.32. The largest absolute Gasteiger partial charge is 0.367 e. The average Bonchev–Trinajstić information content (AvgIpc) is 3.17. The van der Waals surface area contributed by atoms with Gasteiger partial charge in [0.2, 0.25) is 5.91 Å². The lowest BCUT2D eigenvalue weighted by molar-refractivity contribution is -0.139. The van der Waals surface area contributed by atoms with Gasteiger partial charge in [-0.3, -0.25) is 4.79 Å². The van der Waals surface area contributed by atoms with E-state index >= 15 is 0 Å². The smallest absolute Gasteiger partial charge is 0.227 e. The first-order valence-electron chi connectivity index (χ1n) is 9.63. The lowest BCUT2D eigenvalue weighted by Gasteiger charge is -2.45. The third-order valence-electron chi connectivity index (χ3n) is 6.45. The number of piperidine rings is 2. The van der Waals surface area contributed by atoms with Crippen LogP contribution >= 0.6 is 0 Å². The molecule has 4 aliphatic rings. The Kier molecular flexibility index (Phi) is 3.70. The minimum atomic E-state index is 0.215. The number of benzene rings is 1. The van der Waals surface area contributed by atoms with Gasteiger partial charge in [0.25, 0.3) is 0 Å². The van der Waals surface area contributed by atoms with Crippen molar-refractivity contribution in [3.8, 4) is 0 Å². The van der Waals surface area contributed by atoms with Gasteiger partial charge < -0.3 is 20.1 Å². The minimum Gasteiger partial charge on any atom is -0.367 e. The van der Waals surface area contributed by atoms with Gasteiger partial charge in [0.05, 0.1) is 5.92 Å². The fourth-order valence-corrected chi connectivity index (χ4v) is 5.03. The highest BCUT2D eigenvalue weighted by atomic mass is 16.2. The Hall–Kier alpha value is -2.01. The summed E-state index contributed by atoms with van der Waals surface area (Å²) in [6, 6.07) is 8.98. The second kappa shape index (κ2) is 6.06. The first-order chi connectivity index (χ1) is 12.3. The van der Waals surface area contributed by atoms with Gasteiger partial charge in [0.15, 0.2) is 0 Å². The standard InChI is InChI=1S/C20H26N4O/c25-20(16-12-14-4-5-18(16)22-13-14)24-10-8-23(9-11-24)19-3-1-2-17-15(19)6-7-21-17/h1-3,6-7,14,16,18,21-22H,4-5,8-13H2. The van der Waals surface area contributed by atoms with Gasteiger partial charge in [0, 0.05) is 55.0 Å². The predicted octanol–water partition coefficient (Wildman–Crippen LogP) is 2.20. The van der Waals surface area contributed by atoms with Crippen LogP contribution < -0.4 is 10.2 Å². The number of piperazine rings is 1. The number of aromatic amines is 1. The Bertz CT molecular complexity index is 769. The molecule has 1 amide bonds. The molecular weight excluding hydrogens is 312 g/mol. The molecule has 3 atom stereocenters. The summed E-state index contributed by atoms with van der Waals surface area (Å²) < 4.78 is 0. The molecule has 3 unspecified atom stereocenters. The van der Waals surface area contributed by atoms with Crippen LogP contribution in [0.4, 0.5) is 5.69 Å². The fourth-order valence-electron chi connectivity index (χ4n) is 5.03. The van der Waals surface area contributed by atoms with Crippen molar-refractivity contribution in [1.82, 2.24) is 15.2 Å². The Morgan fingerprint density at radius 3 is 2.68 bits per heavy atom. The monoisotopic (exact) mass is 338 g/mol. The van der Waals surface area contributed by atoms with Crippen LogP contribution in [0.15, 0.2) is 30.5 Å². The molecule has 5 heteroatoms. The summed E-state index contributed by atoms with van der Waals surface area (Å²) in [4.78, 5) is 20.8. The molecule has 1 aromatic carbocycles. The van der Waals surface area contributed by atoms with Gasteiger partial charge >= 0.3 is 0 Å². The zero-order chi connectivity index (χ0) is 16.8.